The summed E-state index contributed by atoms with van der Waals surface area (Å²) in [5, 5.41) is 3.90. The third-order valence-electron chi connectivity index (χ3n) is 2.76. The van der Waals surface area contributed by atoms with Crippen molar-refractivity contribution in [2.24, 2.45) is 5.16 Å². The Balaban J connectivity index is 1.85. The first-order valence-electron chi connectivity index (χ1n) is 5.81. The van der Waals surface area contributed by atoms with E-state index in [1.165, 1.54) is 0 Å². The summed E-state index contributed by atoms with van der Waals surface area (Å²) < 4.78 is 0. The van der Waals surface area contributed by atoms with E-state index in [1.54, 1.807) is 11.1 Å². The average Bonchev–Trinajstić information content (AvgIpc) is 2.77. The van der Waals surface area contributed by atoms with Crippen LogP contribution in [0.15, 0.2) is 35.5 Å². The lowest BCUT2D eigenvalue weighted by Crippen LogP contribution is -2.34. The fourth-order valence-electron chi connectivity index (χ4n) is 1.83. The molecule has 0 radical (unpaired) electrons. The van der Waals surface area contributed by atoms with Gasteiger partial charge in [-0.3, -0.25) is 4.79 Å². The van der Waals surface area contributed by atoms with Crippen molar-refractivity contribution in [2.75, 3.05) is 6.54 Å². The van der Waals surface area contributed by atoms with Crippen molar-refractivity contribution in [1.82, 2.24) is 4.90 Å². The van der Waals surface area contributed by atoms with Crippen LogP contribution in [0.1, 0.15) is 25.3 Å². The van der Waals surface area contributed by atoms with E-state index >= 15 is 0 Å². The number of amides is 1. The third-order valence-corrected chi connectivity index (χ3v) is 2.76. The molecule has 1 unspecified atom stereocenters. The molecule has 0 N–H and O–H groups in total. The van der Waals surface area contributed by atoms with Gasteiger partial charge >= 0.3 is 0 Å². The Hall–Kier alpha value is -1.84. The van der Waals surface area contributed by atoms with Crippen molar-refractivity contribution in [3.8, 4) is 0 Å². The molecule has 0 bridgehead atoms. The number of benzene rings is 1. The zero-order valence-corrected chi connectivity index (χ0v) is 9.87. The van der Waals surface area contributed by atoms with Gasteiger partial charge in [-0.1, -0.05) is 35.5 Å². The molecule has 1 aromatic rings. The van der Waals surface area contributed by atoms with Gasteiger partial charge < -0.3 is 9.74 Å². The molecule has 0 aliphatic carbocycles. The van der Waals surface area contributed by atoms with Gasteiger partial charge in [-0.25, -0.2) is 0 Å². The molecule has 0 saturated carbocycles. The van der Waals surface area contributed by atoms with Gasteiger partial charge in [-0.05, 0) is 18.9 Å². The fraction of sp³-hybridized carbons (Fsp3) is 0.385. The molecule has 2 rings (SSSR count). The van der Waals surface area contributed by atoms with E-state index in [0.29, 0.717) is 6.42 Å². The summed E-state index contributed by atoms with van der Waals surface area (Å²) in [6, 6.07) is 9.71. The number of nitrogens with zero attached hydrogens (tertiary/aromatic N) is 2. The topological polar surface area (TPSA) is 41.9 Å². The summed E-state index contributed by atoms with van der Waals surface area (Å²) in [7, 11) is 0. The molecule has 1 fully saturated rings. The minimum atomic E-state index is -0.287. The minimum absolute atomic E-state index is 0.146. The molecule has 4 nitrogen and oxygen atoms in total. The van der Waals surface area contributed by atoms with Crippen LogP contribution in [-0.2, 0) is 9.63 Å². The smallest absolute Gasteiger partial charge is 0.225 e. The van der Waals surface area contributed by atoms with E-state index in [-0.39, 0.29) is 12.1 Å². The largest absolute Gasteiger partial charge is 0.371 e. The molecule has 4 heteroatoms. The van der Waals surface area contributed by atoms with E-state index in [4.69, 9.17) is 4.84 Å². The van der Waals surface area contributed by atoms with E-state index in [1.807, 2.05) is 37.3 Å². The maximum absolute atomic E-state index is 11.4. The Morgan fingerprint density at radius 3 is 2.82 bits per heavy atom. The number of likely N-dealkylation sites (tertiary alicyclic amines) is 1. The molecule has 1 aromatic carbocycles. The van der Waals surface area contributed by atoms with Crippen LogP contribution in [-0.4, -0.2) is 29.8 Å². The molecular formula is C13H16N2O2. The van der Waals surface area contributed by atoms with Crippen LogP contribution in [0.5, 0.6) is 0 Å². The molecule has 1 heterocycles. The molecule has 1 saturated heterocycles. The number of carbonyl (C=O) groups excluding carboxylic acids is 1. The highest BCUT2D eigenvalue weighted by atomic mass is 16.6. The lowest BCUT2D eigenvalue weighted by atomic mass is 10.2. The second-order valence-corrected chi connectivity index (χ2v) is 4.04. The summed E-state index contributed by atoms with van der Waals surface area (Å²) in [4.78, 5) is 18.4. The molecule has 0 spiro atoms. The van der Waals surface area contributed by atoms with Crippen molar-refractivity contribution in [2.45, 2.75) is 26.0 Å². The molecule has 1 aliphatic heterocycles. The summed E-state index contributed by atoms with van der Waals surface area (Å²) >= 11 is 0. The maximum Gasteiger partial charge on any atom is 0.225 e. The van der Waals surface area contributed by atoms with Crippen molar-refractivity contribution in [3.63, 3.8) is 0 Å². The highest BCUT2D eigenvalue weighted by Gasteiger charge is 2.25. The molecule has 17 heavy (non-hydrogen) atoms. The van der Waals surface area contributed by atoms with Gasteiger partial charge in [0.25, 0.3) is 0 Å². The van der Waals surface area contributed by atoms with Crippen molar-refractivity contribution in [1.29, 1.82) is 0 Å². The predicted octanol–water partition coefficient (Wildman–Crippen LogP) is 2.01. The number of hydrogen-bond acceptors (Lipinski definition) is 3. The van der Waals surface area contributed by atoms with Gasteiger partial charge in [-0.2, -0.15) is 0 Å². The van der Waals surface area contributed by atoms with Crippen LogP contribution >= 0.6 is 0 Å². The standard InChI is InChI=1S/C13H16N2O2/c1-11(15-9-5-8-13(15)16)17-14-10-12-6-3-2-4-7-12/h2-4,6-7,10-11H,5,8-9H2,1H3/b14-10+. The van der Waals surface area contributed by atoms with Crippen LogP contribution in [0.25, 0.3) is 0 Å². The zero-order valence-electron chi connectivity index (χ0n) is 9.87. The van der Waals surface area contributed by atoms with Gasteiger partial charge in [0.15, 0.2) is 6.23 Å². The fourth-order valence-corrected chi connectivity index (χ4v) is 1.83. The van der Waals surface area contributed by atoms with Crippen LogP contribution in [0.2, 0.25) is 0 Å². The third kappa shape index (κ3) is 3.06. The second kappa shape index (κ2) is 5.48. The van der Waals surface area contributed by atoms with Gasteiger partial charge in [0.05, 0.1) is 6.21 Å². The highest BCUT2D eigenvalue weighted by molar-refractivity contribution is 5.79. The van der Waals surface area contributed by atoms with Crippen molar-refractivity contribution >= 4 is 12.1 Å². The summed E-state index contributed by atoms with van der Waals surface area (Å²) in [5.74, 6) is 0.146. The number of carbonyl (C=O) groups is 1. The lowest BCUT2D eigenvalue weighted by molar-refractivity contribution is -0.139. The van der Waals surface area contributed by atoms with Gasteiger partial charge in [-0.15, -0.1) is 0 Å². The zero-order chi connectivity index (χ0) is 12.1. The Kier molecular flexibility index (Phi) is 3.75. The maximum atomic E-state index is 11.4. The van der Waals surface area contributed by atoms with Crippen LogP contribution in [0, 0.1) is 0 Å². The van der Waals surface area contributed by atoms with Gasteiger partial charge in [0.1, 0.15) is 0 Å². The number of rotatable bonds is 4. The van der Waals surface area contributed by atoms with Crippen molar-refractivity contribution in [3.05, 3.63) is 35.9 Å². The lowest BCUT2D eigenvalue weighted by Gasteiger charge is -2.21. The highest BCUT2D eigenvalue weighted by Crippen LogP contribution is 2.14. The molecule has 1 amide bonds. The van der Waals surface area contributed by atoms with E-state index < -0.39 is 0 Å². The monoisotopic (exact) mass is 232 g/mol. The first-order valence-corrected chi connectivity index (χ1v) is 5.81. The quantitative estimate of drug-likeness (QED) is 0.588. The Bertz CT molecular complexity index is 403. The molecule has 0 aromatic heterocycles. The Morgan fingerprint density at radius 1 is 1.41 bits per heavy atom. The molecule has 1 aliphatic rings. The van der Waals surface area contributed by atoms with Crippen LogP contribution < -0.4 is 0 Å². The van der Waals surface area contributed by atoms with Crippen molar-refractivity contribution < 1.29 is 9.63 Å². The number of hydrogen-bond donors (Lipinski definition) is 0. The Morgan fingerprint density at radius 2 is 2.18 bits per heavy atom. The van der Waals surface area contributed by atoms with Crippen LogP contribution in [0.4, 0.5) is 0 Å². The summed E-state index contributed by atoms with van der Waals surface area (Å²) in [6.45, 7) is 2.60. The van der Waals surface area contributed by atoms with E-state index in [0.717, 1.165) is 18.5 Å². The molecular weight excluding hydrogens is 216 g/mol. The van der Waals surface area contributed by atoms with Gasteiger partial charge in [0, 0.05) is 13.0 Å². The summed E-state index contributed by atoms with van der Waals surface area (Å²) in [6.07, 6.45) is 2.90. The van der Waals surface area contributed by atoms with E-state index in [2.05, 4.69) is 5.16 Å². The Labute approximate surface area is 101 Å². The normalized spacial score (nSPS) is 17.7. The second-order valence-electron chi connectivity index (χ2n) is 4.04. The SMILES string of the molecule is CC(O/N=C/c1ccccc1)N1CCCC1=O. The predicted molar refractivity (Wildman–Crippen MR) is 65.5 cm³/mol. The minimum Gasteiger partial charge on any atom is -0.371 e. The van der Waals surface area contributed by atoms with Gasteiger partial charge in [0.2, 0.25) is 5.91 Å². The first kappa shape index (κ1) is 11.6. The average molecular weight is 232 g/mol. The van der Waals surface area contributed by atoms with E-state index in [9.17, 15) is 4.79 Å². The van der Waals surface area contributed by atoms with Crippen LogP contribution in [0.3, 0.4) is 0 Å². The summed E-state index contributed by atoms with van der Waals surface area (Å²) in [5.41, 5.74) is 0.979. The first-order chi connectivity index (χ1) is 8.27. The number of oxime groups is 1. The molecule has 90 valence electrons. The molecule has 1 atom stereocenters.